The minimum atomic E-state index is -4.68. The highest BCUT2D eigenvalue weighted by Crippen LogP contribution is 2.32. The quantitative estimate of drug-likeness (QED) is 0.903. The van der Waals surface area contributed by atoms with E-state index in [1.165, 1.54) is 12.1 Å². The minimum Gasteiger partial charge on any atom is -0.404 e. The molecule has 0 amide bonds. The highest BCUT2D eigenvalue weighted by atomic mass is 19.4. The van der Waals surface area contributed by atoms with Gasteiger partial charge < -0.3 is 14.8 Å². The van der Waals surface area contributed by atoms with Gasteiger partial charge in [0.2, 0.25) is 0 Å². The van der Waals surface area contributed by atoms with Crippen molar-refractivity contribution in [2.24, 2.45) is 5.41 Å². The summed E-state index contributed by atoms with van der Waals surface area (Å²) in [6.45, 7) is 3.78. The SMILES string of the molecule is CC1(CNc2ccccc2OC(F)(F)F)COC1. The molecule has 6 heteroatoms. The maximum atomic E-state index is 12.2. The van der Waals surface area contributed by atoms with Crippen LogP contribution in [0.4, 0.5) is 18.9 Å². The normalized spacial score (nSPS) is 18.0. The summed E-state index contributed by atoms with van der Waals surface area (Å²) in [5.41, 5.74) is 0.314. The van der Waals surface area contributed by atoms with Crippen molar-refractivity contribution >= 4 is 5.69 Å². The molecule has 0 atom stereocenters. The molecule has 0 spiro atoms. The summed E-state index contributed by atoms with van der Waals surface area (Å²) >= 11 is 0. The fourth-order valence-corrected chi connectivity index (χ4v) is 1.69. The molecule has 0 saturated carbocycles. The van der Waals surface area contributed by atoms with Gasteiger partial charge in [-0.15, -0.1) is 13.2 Å². The number of halogens is 3. The van der Waals surface area contributed by atoms with Crippen LogP contribution in [0.25, 0.3) is 0 Å². The maximum absolute atomic E-state index is 12.2. The van der Waals surface area contributed by atoms with E-state index in [0.717, 1.165) is 0 Å². The van der Waals surface area contributed by atoms with Crippen molar-refractivity contribution in [1.29, 1.82) is 0 Å². The molecule has 0 unspecified atom stereocenters. The number of para-hydroxylation sites is 2. The number of hydrogen-bond acceptors (Lipinski definition) is 3. The first-order valence-corrected chi connectivity index (χ1v) is 5.54. The minimum absolute atomic E-state index is 0.0225. The van der Waals surface area contributed by atoms with Crippen LogP contribution in [-0.4, -0.2) is 26.1 Å². The van der Waals surface area contributed by atoms with Crippen LogP contribution in [0, 0.1) is 5.41 Å². The molecule has 1 fully saturated rings. The van der Waals surface area contributed by atoms with Gasteiger partial charge in [-0.1, -0.05) is 19.1 Å². The largest absolute Gasteiger partial charge is 0.573 e. The Balaban J connectivity index is 2.03. The molecule has 1 heterocycles. The third kappa shape index (κ3) is 3.29. The first-order valence-electron chi connectivity index (χ1n) is 5.54. The number of benzene rings is 1. The van der Waals surface area contributed by atoms with Gasteiger partial charge in [-0.3, -0.25) is 0 Å². The lowest BCUT2D eigenvalue weighted by atomic mass is 9.88. The zero-order valence-corrected chi connectivity index (χ0v) is 9.88. The molecule has 0 radical (unpaired) electrons. The standard InChI is InChI=1S/C12H14F3NO2/c1-11(7-17-8-11)6-16-9-4-2-3-5-10(9)18-12(13,14)15/h2-5,16H,6-8H2,1H3. The van der Waals surface area contributed by atoms with Gasteiger partial charge in [-0.05, 0) is 12.1 Å². The van der Waals surface area contributed by atoms with E-state index in [2.05, 4.69) is 10.1 Å². The Morgan fingerprint density at radius 1 is 1.33 bits per heavy atom. The van der Waals surface area contributed by atoms with E-state index in [0.29, 0.717) is 25.4 Å². The molecular formula is C12H14F3NO2. The van der Waals surface area contributed by atoms with Crippen molar-refractivity contribution in [2.75, 3.05) is 25.1 Å². The van der Waals surface area contributed by atoms with E-state index >= 15 is 0 Å². The molecule has 0 aromatic heterocycles. The predicted molar refractivity (Wildman–Crippen MR) is 60.5 cm³/mol. The lowest BCUT2D eigenvalue weighted by Gasteiger charge is -2.38. The fourth-order valence-electron chi connectivity index (χ4n) is 1.69. The van der Waals surface area contributed by atoms with Gasteiger partial charge in [-0.2, -0.15) is 0 Å². The molecule has 1 N–H and O–H groups in total. The van der Waals surface area contributed by atoms with Crippen molar-refractivity contribution in [3.05, 3.63) is 24.3 Å². The fraction of sp³-hybridized carbons (Fsp3) is 0.500. The van der Waals surface area contributed by atoms with Gasteiger partial charge in [0.1, 0.15) is 0 Å². The van der Waals surface area contributed by atoms with Gasteiger partial charge >= 0.3 is 6.36 Å². The average molecular weight is 261 g/mol. The van der Waals surface area contributed by atoms with Gasteiger partial charge in [0.15, 0.2) is 5.75 Å². The lowest BCUT2D eigenvalue weighted by Crippen LogP contribution is -2.45. The van der Waals surface area contributed by atoms with Gasteiger partial charge in [-0.25, -0.2) is 0 Å². The Morgan fingerprint density at radius 3 is 2.56 bits per heavy atom. The Bertz CT molecular complexity index is 416. The Morgan fingerprint density at radius 2 is 2.00 bits per heavy atom. The zero-order valence-electron chi connectivity index (χ0n) is 9.88. The molecule has 0 aliphatic carbocycles. The van der Waals surface area contributed by atoms with Crippen LogP contribution in [0.15, 0.2) is 24.3 Å². The second kappa shape index (κ2) is 4.68. The monoisotopic (exact) mass is 261 g/mol. The predicted octanol–water partition coefficient (Wildman–Crippen LogP) is 3.03. The van der Waals surface area contributed by atoms with Crippen LogP contribution < -0.4 is 10.1 Å². The van der Waals surface area contributed by atoms with Gasteiger partial charge in [0.25, 0.3) is 0 Å². The summed E-state index contributed by atoms with van der Waals surface area (Å²) in [4.78, 5) is 0. The first-order chi connectivity index (χ1) is 8.38. The van der Waals surface area contributed by atoms with Crippen molar-refractivity contribution in [2.45, 2.75) is 13.3 Å². The Kier molecular flexibility index (Phi) is 3.38. The van der Waals surface area contributed by atoms with Crippen LogP contribution in [0.1, 0.15) is 6.92 Å². The number of ether oxygens (including phenoxy) is 2. The summed E-state index contributed by atoms with van der Waals surface area (Å²) in [6, 6.07) is 6.00. The van der Waals surface area contributed by atoms with E-state index < -0.39 is 6.36 Å². The molecule has 100 valence electrons. The summed E-state index contributed by atoms with van der Waals surface area (Å²) in [5, 5.41) is 2.97. The van der Waals surface area contributed by atoms with Crippen molar-refractivity contribution in [1.82, 2.24) is 0 Å². The van der Waals surface area contributed by atoms with Crippen molar-refractivity contribution < 1.29 is 22.6 Å². The van der Waals surface area contributed by atoms with Crippen LogP contribution in [0.3, 0.4) is 0 Å². The highest BCUT2D eigenvalue weighted by Gasteiger charge is 2.34. The number of hydrogen-bond donors (Lipinski definition) is 1. The second-order valence-electron chi connectivity index (χ2n) is 4.70. The van der Waals surface area contributed by atoms with E-state index in [1.54, 1.807) is 12.1 Å². The van der Waals surface area contributed by atoms with Crippen LogP contribution >= 0.6 is 0 Å². The maximum Gasteiger partial charge on any atom is 0.573 e. The second-order valence-corrected chi connectivity index (χ2v) is 4.70. The number of nitrogens with one attached hydrogen (secondary N) is 1. The molecule has 0 bridgehead atoms. The summed E-state index contributed by atoms with van der Waals surface area (Å²) in [5.74, 6) is -0.214. The summed E-state index contributed by atoms with van der Waals surface area (Å²) in [6.07, 6.45) is -4.68. The van der Waals surface area contributed by atoms with Gasteiger partial charge in [0, 0.05) is 12.0 Å². The first kappa shape index (κ1) is 13.0. The Hall–Kier alpha value is -1.43. The van der Waals surface area contributed by atoms with E-state index in [-0.39, 0.29) is 11.2 Å². The molecule has 1 saturated heterocycles. The van der Waals surface area contributed by atoms with E-state index in [9.17, 15) is 13.2 Å². The molecule has 3 nitrogen and oxygen atoms in total. The van der Waals surface area contributed by atoms with Crippen molar-refractivity contribution in [3.8, 4) is 5.75 Å². The van der Waals surface area contributed by atoms with E-state index in [1.807, 2.05) is 6.92 Å². The van der Waals surface area contributed by atoms with Crippen LogP contribution in [-0.2, 0) is 4.74 Å². The topological polar surface area (TPSA) is 30.5 Å². The van der Waals surface area contributed by atoms with Gasteiger partial charge in [0.05, 0.1) is 18.9 Å². The third-order valence-corrected chi connectivity index (χ3v) is 2.72. The lowest BCUT2D eigenvalue weighted by molar-refractivity contribution is -0.274. The smallest absolute Gasteiger partial charge is 0.404 e. The molecular weight excluding hydrogens is 247 g/mol. The molecule has 1 aliphatic rings. The average Bonchev–Trinajstić information content (AvgIpc) is 2.23. The molecule has 1 aromatic rings. The summed E-state index contributed by atoms with van der Waals surface area (Å²) < 4.78 is 45.7. The third-order valence-electron chi connectivity index (χ3n) is 2.72. The van der Waals surface area contributed by atoms with Crippen molar-refractivity contribution in [3.63, 3.8) is 0 Å². The number of rotatable bonds is 4. The molecule has 1 aliphatic heterocycles. The van der Waals surface area contributed by atoms with Crippen LogP contribution in [0.5, 0.6) is 5.75 Å². The Labute approximate surface area is 103 Å². The molecule has 2 rings (SSSR count). The number of alkyl halides is 3. The molecule has 1 aromatic carbocycles. The van der Waals surface area contributed by atoms with E-state index in [4.69, 9.17) is 4.74 Å². The summed E-state index contributed by atoms with van der Waals surface area (Å²) in [7, 11) is 0. The van der Waals surface area contributed by atoms with Crippen LogP contribution in [0.2, 0.25) is 0 Å². The highest BCUT2D eigenvalue weighted by molar-refractivity contribution is 5.56. The molecule has 18 heavy (non-hydrogen) atoms. The number of anilines is 1. The zero-order chi connectivity index (χ0) is 13.2.